The van der Waals surface area contributed by atoms with Crippen LogP contribution in [0.1, 0.15) is 101 Å². The summed E-state index contributed by atoms with van der Waals surface area (Å²) in [5.41, 5.74) is 4.94. The van der Waals surface area contributed by atoms with E-state index >= 15 is 0 Å². The van der Waals surface area contributed by atoms with Gasteiger partial charge in [0.15, 0.2) is 0 Å². The van der Waals surface area contributed by atoms with Crippen molar-refractivity contribution in [1.29, 1.82) is 0 Å². The van der Waals surface area contributed by atoms with Crippen molar-refractivity contribution in [2.75, 3.05) is 13.1 Å². The summed E-state index contributed by atoms with van der Waals surface area (Å²) >= 11 is 0. The highest BCUT2D eigenvalue weighted by Crippen LogP contribution is 2.33. The molecular weight excluding hydrogens is 608 g/mol. The Kier molecular flexibility index (Phi) is 9.48. The molecule has 2 aliphatic rings. The minimum atomic E-state index is -0.543. The number of hydrogen-bond donors (Lipinski definition) is 4. The molecule has 0 saturated carbocycles. The molecule has 2 aromatic heterocycles. The smallest absolute Gasteiger partial charge is 0.245 e. The standard InChI is InChI=1S/C36H42N8O4/c1-5-25(37-21(3)45)35(47)43-17-7-9-31(43)33-39-27-15-13-23(19-29(27)41-33)11-12-24-14-16-28-30(20-24)42-34(40-28)32-10-8-18-44(32)36(48)26(6-2)38-22(4)46/h13-16,19-20,25-26,31-32H,5-10,17-18H2,1-4H3,(H,37,45)(H,38,46)(H,39,41)(H,40,42)/t25-,26-,31+,32+/m1/s1. The summed E-state index contributed by atoms with van der Waals surface area (Å²) in [6, 6.07) is 10.2. The Hall–Kier alpha value is -5.18. The molecule has 0 aliphatic carbocycles. The van der Waals surface area contributed by atoms with Crippen LogP contribution in [-0.4, -0.2) is 78.5 Å². The number of aromatic amines is 2. The molecule has 6 rings (SSSR count). The van der Waals surface area contributed by atoms with Crippen LogP contribution >= 0.6 is 0 Å². The first-order chi connectivity index (χ1) is 23.1. The molecule has 0 bridgehead atoms. The van der Waals surface area contributed by atoms with Crippen molar-refractivity contribution in [1.82, 2.24) is 40.4 Å². The van der Waals surface area contributed by atoms with Crippen LogP contribution in [0, 0.1) is 11.8 Å². The molecule has 4 atom stereocenters. The molecule has 48 heavy (non-hydrogen) atoms. The molecule has 0 spiro atoms. The van der Waals surface area contributed by atoms with E-state index in [0.717, 1.165) is 70.5 Å². The largest absolute Gasteiger partial charge is 0.345 e. The third kappa shape index (κ3) is 6.76. The Morgan fingerprint density at radius 2 is 1.17 bits per heavy atom. The summed E-state index contributed by atoms with van der Waals surface area (Å²) in [6.45, 7) is 7.90. The van der Waals surface area contributed by atoms with Gasteiger partial charge in [0.2, 0.25) is 23.6 Å². The first-order valence-electron chi connectivity index (χ1n) is 16.8. The minimum absolute atomic E-state index is 0.0790. The van der Waals surface area contributed by atoms with Gasteiger partial charge in [-0.05, 0) is 74.9 Å². The number of carbonyl (C=O) groups excluding carboxylic acids is 4. The predicted molar refractivity (Wildman–Crippen MR) is 181 cm³/mol. The molecule has 250 valence electrons. The maximum absolute atomic E-state index is 13.3. The summed E-state index contributed by atoms with van der Waals surface area (Å²) in [5.74, 6) is 7.40. The highest BCUT2D eigenvalue weighted by molar-refractivity contribution is 5.88. The number of benzene rings is 2. The van der Waals surface area contributed by atoms with Crippen LogP contribution < -0.4 is 10.6 Å². The van der Waals surface area contributed by atoms with E-state index in [1.54, 1.807) is 0 Å². The van der Waals surface area contributed by atoms with Gasteiger partial charge in [0.25, 0.3) is 0 Å². The molecule has 2 fully saturated rings. The van der Waals surface area contributed by atoms with Crippen molar-refractivity contribution in [3.8, 4) is 11.8 Å². The van der Waals surface area contributed by atoms with E-state index in [0.29, 0.717) is 25.9 Å². The van der Waals surface area contributed by atoms with Crippen molar-refractivity contribution in [3.05, 3.63) is 59.2 Å². The molecule has 4 heterocycles. The SMILES string of the molecule is CC[C@@H](NC(C)=O)C(=O)N1CCC[C@H]1c1nc2ccc(C#Cc3ccc4nc([C@@H]5CCCN5C(=O)[C@@H](CC)NC(C)=O)[nH]c4c3)cc2[nH]1. The molecular formula is C36H42N8O4. The number of hydrogen-bond acceptors (Lipinski definition) is 6. The molecule has 4 N–H and O–H groups in total. The van der Waals surface area contributed by atoms with Crippen LogP contribution in [0.4, 0.5) is 0 Å². The second-order valence-electron chi connectivity index (χ2n) is 12.7. The van der Waals surface area contributed by atoms with Gasteiger partial charge in [-0.3, -0.25) is 19.2 Å². The number of carbonyl (C=O) groups is 4. The average Bonchev–Trinajstić information content (AvgIpc) is 3.88. The van der Waals surface area contributed by atoms with E-state index in [9.17, 15) is 19.2 Å². The van der Waals surface area contributed by atoms with Crippen molar-refractivity contribution in [2.24, 2.45) is 0 Å². The Morgan fingerprint density at radius 3 is 1.54 bits per heavy atom. The van der Waals surface area contributed by atoms with Crippen LogP contribution in [0.15, 0.2) is 36.4 Å². The molecule has 0 radical (unpaired) electrons. The van der Waals surface area contributed by atoms with Crippen LogP contribution in [0.25, 0.3) is 22.1 Å². The van der Waals surface area contributed by atoms with Gasteiger partial charge in [-0.15, -0.1) is 0 Å². The molecule has 12 heteroatoms. The van der Waals surface area contributed by atoms with E-state index in [-0.39, 0.29) is 35.7 Å². The normalized spacial score (nSPS) is 18.8. The second kappa shape index (κ2) is 13.9. The van der Waals surface area contributed by atoms with Crippen LogP contribution in [0.3, 0.4) is 0 Å². The molecule has 2 saturated heterocycles. The van der Waals surface area contributed by atoms with E-state index < -0.39 is 12.1 Å². The first-order valence-corrected chi connectivity index (χ1v) is 16.8. The number of nitrogens with zero attached hydrogens (tertiary/aromatic N) is 4. The molecule has 2 aromatic carbocycles. The monoisotopic (exact) mass is 650 g/mol. The number of H-pyrrole nitrogens is 2. The fraction of sp³-hybridized carbons (Fsp3) is 0.444. The summed E-state index contributed by atoms with van der Waals surface area (Å²) in [7, 11) is 0. The minimum Gasteiger partial charge on any atom is -0.345 e. The van der Waals surface area contributed by atoms with Crippen molar-refractivity contribution >= 4 is 45.7 Å². The Labute approximate surface area is 279 Å². The van der Waals surface area contributed by atoms with Crippen molar-refractivity contribution < 1.29 is 19.2 Å². The van der Waals surface area contributed by atoms with Gasteiger partial charge in [0.05, 0.1) is 34.2 Å². The van der Waals surface area contributed by atoms with Gasteiger partial charge < -0.3 is 30.4 Å². The Balaban J connectivity index is 1.18. The van der Waals surface area contributed by atoms with Gasteiger partial charge >= 0.3 is 0 Å². The maximum Gasteiger partial charge on any atom is 0.245 e. The zero-order valence-electron chi connectivity index (χ0n) is 27.9. The fourth-order valence-electron chi connectivity index (χ4n) is 6.87. The van der Waals surface area contributed by atoms with E-state index in [2.05, 4.69) is 32.4 Å². The molecule has 0 unspecified atom stereocenters. The number of fused-ring (bicyclic) bond motifs is 2. The summed E-state index contributed by atoms with van der Waals surface area (Å²) in [6.07, 6.45) is 4.41. The highest BCUT2D eigenvalue weighted by Gasteiger charge is 2.36. The van der Waals surface area contributed by atoms with Crippen molar-refractivity contribution in [3.63, 3.8) is 0 Å². The lowest BCUT2D eigenvalue weighted by Gasteiger charge is -2.27. The topological polar surface area (TPSA) is 156 Å². The summed E-state index contributed by atoms with van der Waals surface area (Å²) < 4.78 is 0. The number of aromatic nitrogens is 4. The number of nitrogens with one attached hydrogen (secondary N) is 4. The van der Waals surface area contributed by atoms with Gasteiger partial charge in [-0.25, -0.2) is 9.97 Å². The second-order valence-corrected chi connectivity index (χ2v) is 12.7. The van der Waals surface area contributed by atoms with E-state index in [1.165, 1.54) is 13.8 Å². The lowest BCUT2D eigenvalue weighted by molar-refractivity contribution is -0.137. The predicted octanol–water partition coefficient (Wildman–Crippen LogP) is 4.00. The van der Waals surface area contributed by atoms with E-state index in [1.807, 2.05) is 60.0 Å². The molecule has 4 aromatic rings. The van der Waals surface area contributed by atoms with Gasteiger partial charge in [-0.2, -0.15) is 0 Å². The van der Waals surface area contributed by atoms with Gasteiger partial charge in [0.1, 0.15) is 23.7 Å². The molecule has 4 amide bonds. The third-order valence-corrected chi connectivity index (χ3v) is 9.22. The van der Waals surface area contributed by atoms with Crippen LogP contribution in [-0.2, 0) is 19.2 Å². The number of amides is 4. The lowest BCUT2D eigenvalue weighted by Crippen LogP contribution is -2.47. The number of likely N-dealkylation sites (tertiary alicyclic amines) is 2. The van der Waals surface area contributed by atoms with Crippen LogP contribution in [0.2, 0.25) is 0 Å². The van der Waals surface area contributed by atoms with Crippen LogP contribution in [0.5, 0.6) is 0 Å². The third-order valence-electron chi connectivity index (χ3n) is 9.22. The van der Waals surface area contributed by atoms with Crippen molar-refractivity contribution in [2.45, 2.75) is 90.4 Å². The maximum atomic E-state index is 13.3. The lowest BCUT2D eigenvalue weighted by atomic mass is 10.1. The zero-order chi connectivity index (χ0) is 33.9. The zero-order valence-corrected chi connectivity index (χ0v) is 27.9. The summed E-state index contributed by atoms with van der Waals surface area (Å²) in [5, 5.41) is 5.55. The first kappa shape index (κ1) is 32.7. The van der Waals surface area contributed by atoms with E-state index in [4.69, 9.17) is 9.97 Å². The fourth-order valence-corrected chi connectivity index (χ4v) is 6.87. The molecule has 2 aliphatic heterocycles. The quantitative estimate of drug-likeness (QED) is 0.211. The highest BCUT2D eigenvalue weighted by atomic mass is 16.2. The molecule has 12 nitrogen and oxygen atoms in total. The number of rotatable bonds is 8. The average molecular weight is 651 g/mol. The summed E-state index contributed by atoms with van der Waals surface area (Å²) in [4.78, 5) is 69.9. The Morgan fingerprint density at radius 1 is 0.750 bits per heavy atom. The Bertz CT molecular complexity index is 1800. The van der Waals surface area contributed by atoms with Gasteiger partial charge in [0, 0.05) is 38.1 Å². The van der Waals surface area contributed by atoms with Gasteiger partial charge in [-0.1, -0.05) is 25.7 Å². The number of imidazole rings is 2.